The molecule has 8 heteroatoms. The maximum absolute atomic E-state index is 13.7. The number of anilines is 3. The number of benzene rings is 3. The molecule has 0 fully saturated rings. The third kappa shape index (κ3) is 4.56. The zero-order valence-corrected chi connectivity index (χ0v) is 18.9. The van der Waals surface area contributed by atoms with Gasteiger partial charge in [0.05, 0.1) is 42.8 Å². The highest BCUT2D eigenvalue weighted by atomic mass is 16.5. The van der Waals surface area contributed by atoms with Crippen molar-refractivity contribution in [3.05, 3.63) is 78.4 Å². The molecular weight excluding hydrogens is 434 g/mol. The third-order valence-corrected chi connectivity index (χ3v) is 5.43. The maximum Gasteiger partial charge on any atom is 0.262 e. The second-order valence-corrected chi connectivity index (χ2v) is 7.58. The van der Waals surface area contributed by atoms with Crippen molar-refractivity contribution in [2.75, 3.05) is 29.3 Å². The molecule has 8 nitrogen and oxygen atoms in total. The minimum Gasteiger partial charge on any atom is -0.496 e. The SMILES string of the molecule is CCOc1ccccc1NC(=O)CC1C(=O)Nc2ccccc2N1C(=O)c1ccccc1OC. The summed E-state index contributed by atoms with van der Waals surface area (Å²) in [7, 11) is 1.48. The Balaban J connectivity index is 1.67. The second-order valence-electron chi connectivity index (χ2n) is 7.58. The summed E-state index contributed by atoms with van der Waals surface area (Å²) in [5.41, 5.74) is 1.79. The molecule has 3 aromatic rings. The van der Waals surface area contributed by atoms with Gasteiger partial charge in [-0.15, -0.1) is 0 Å². The molecule has 0 saturated heterocycles. The predicted octanol–water partition coefficient (Wildman–Crippen LogP) is 4.09. The molecule has 3 amide bonds. The van der Waals surface area contributed by atoms with E-state index in [-0.39, 0.29) is 6.42 Å². The van der Waals surface area contributed by atoms with Crippen LogP contribution in [0.5, 0.6) is 11.5 Å². The largest absolute Gasteiger partial charge is 0.496 e. The van der Waals surface area contributed by atoms with Gasteiger partial charge in [0, 0.05) is 0 Å². The van der Waals surface area contributed by atoms with Gasteiger partial charge in [-0.2, -0.15) is 0 Å². The number of nitrogens with one attached hydrogen (secondary N) is 2. The summed E-state index contributed by atoms with van der Waals surface area (Å²) in [6.07, 6.45) is -0.248. The van der Waals surface area contributed by atoms with E-state index >= 15 is 0 Å². The lowest BCUT2D eigenvalue weighted by Crippen LogP contribution is -2.52. The number of carbonyl (C=O) groups is 3. The molecule has 174 valence electrons. The van der Waals surface area contributed by atoms with Crippen LogP contribution in [0.25, 0.3) is 0 Å². The van der Waals surface area contributed by atoms with Crippen molar-refractivity contribution < 1.29 is 23.9 Å². The van der Waals surface area contributed by atoms with Gasteiger partial charge in [-0.1, -0.05) is 36.4 Å². The zero-order valence-electron chi connectivity index (χ0n) is 18.9. The van der Waals surface area contributed by atoms with Crippen LogP contribution in [0.3, 0.4) is 0 Å². The summed E-state index contributed by atoms with van der Waals surface area (Å²) in [4.78, 5) is 41.1. The van der Waals surface area contributed by atoms with Crippen LogP contribution >= 0.6 is 0 Å². The van der Waals surface area contributed by atoms with Crippen molar-refractivity contribution in [3.8, 4) is 11.5 Å². The fourth-order valence-corrected chi connectivity index (χ4v) is 3.90. The number of methoxy groups -OCH3 is 1. The van der Waals surface area contributed by atoms with Crippen LogP contribution in [0.2, 0.25) is 0 Å². The standard InChI is InChI=1S/C26H25N3O5/c1-3-34-23-15-9-6-12-19(23)27-24(30)16-21-25(31)28-18-11-5-7-13-20(18)29(21)26(32)17-10-4-8-14-22(17)33-2/h4-15,21H,3,16H2,1-2H3,(H,27,30)(H,28,31). The Kier molecular flexibility index (Phi) is 6.77. The highest BCUT2D eigenvalue weighted by Crippen LogP contribution is 2.35. The van der Waals surface area contributed by atoms with Crippen LogP contribution in [0.4, 0.5) is 17.1 Å². The van der Waals surface area contributed by atoms with Crippen molar-refractivity contribution in [3.63, 3.8) is 0 Å². The summed E-state index contributed by atoms with van der Waals surface area (Å²) in [5.74, 6) is -0.407. The molecule has 0 aliphatic carbocycles. The van der Waals surface area contributed by atoms with Crippen LogP contribution in [0.1, 0.15) is 23.7 Å². The molecule has 0 saturated carbocycles. The lowest BCUT2D eigenvalue weighted by atomic mass is 10.0. The van der Waals surface area contributed by atoms with Crippen molar-refractivity contribution in [1.29, 1.82) is 0 Å². The number of hydrogen-bond donors (Lipinski definition) is 2. The first-order valence-electron chi connectivity index (χ1n) is 10.9. The molecule has 0 bridgehead atoms. The van der Waals surface area contributed by atoms with Gasteiger partial charge in [0.15, 0.2) is 0 Å². The molecular formula is C26H25N3O5. The molecule has 0 aromatic heterocycles. The van der Waals surface area contributed by atoms with Gasteiger partial charge in [-0.05, 0) is 43.3 Å². The van der Waals surface area contributed by atoms with Crippen LogP contribution in [-0.4, -0.2) is 37.5 Å². The molecule has 4 rings (SSSR count). The summed E-state index contributed by atoms with van der Waals surface area (Å²) < 4.78 is 10.9. The molecule has 3 aromatic carbocycles. The molecule has 0 spiro atoms. The predicted molar refractivity (Wildman–Crippen MR) is 130 cm³/mol. The molecule has 2 N–H and O–H groups in total. The summed E-state index contributed by atoms with van der Waals surface area (Å²) in [6.45, 7) is 2.29. The lowest BCUT2D eigenvalue weighted by Gasteiger charge is -2.36. The van der Waals surface area contributed by atoms with E-state index in [1.165, 1.54) is 12.0 Å². The van der Waals surface area contributed by atoms with Crippen molar-refractivity contribution in [2.24, 2.45) is 0 Å². The number of amides is 3. The van der Waals surface area contributed by atoms with Gasteiger partial charge in [0.25, 0.3) is 5.91 Å². The van der Waals surface area contributed by atoms with Gasteiger partial charge in [0.2, 0.25) is 11.8 Å². The van der Waals surface area contributed by atoms with Gasteiger partial charge >= 0.3 is 0 Å². The number of para-hydroxylation sites is 5. The Morgan fingerprint density at radius 2 is 1.65 bits per heavy atom. The third-order valence-electron chi connectivity index (χ3n) is 5.43. The van der Waals surface area contributed by atoms with E-state index in [0.29, 0.717) is 40.7 Å². The van der Waals surface area contributed by atoms with E-state index in [1.54, 1.807) is 72.8 Å². The molecule has 34 heavy (non-hydrogen) atoms. The Labute approximate surface area is 197 Å². The van der Waals surface area contributed by atoms with Gasteiger partial charge in [0.1, 0.15) is 17.5 Å². The normalized spacial score (nSPS) is 14.6. The lowest BCUT2D eigenvalue weighted by molar-refractivity contribution is -0.122. The monoisotopic (exact) mass is 459 g/mol. The van der Waals surface area contributed by atoms with Crippen molar-refractivity contribution >= 4 is 34.8 Å². The van der Waals surface area contributed by atoms with E-state index in [0.717, 1.165) is 0 Å². The van der Waals surface area contributed by atoms with Crippen LogP contribution in [0, 0.1) is 0 Å². The first-order valence-corrected chi connectivity index (χ1v) is 10.9. The van der Waals surface area contributed by atoms with E-state index in [9.17, 15) is 14.4 Å². The first kappa shape index (κ1) is 22.8. The highest BCUT2D eigenvalue weighted by Gasteiger charge is 2.39. The van der Waals surface area contributed by atoms with Crippen LogP contribution < -0.4 is 25.0 Å². The quantitative estimate of drug-likeness (QED) is 0.555. The Morgan fingerprint density at radius 1 is 0.971 bits per heavy atom. The molecule has 1 heterocycles. The Morgan fingerprint density at radius 3 is 2.41 bits per heavy atom. The topological polar surface area (TPSA) is 97.0 Å². The minimum absolute atomic E-state index is 0.248. The molecule has 1 unspecified atom stereocenters. The van der Waals surface area contributed by atoms with Crippen LogP contribution in [-0.2, 0) is 9.59 Å². The van der Waals surface area contributed by atoms with E-state index in [2.05, 4.69) is 10.6 Å². The number of carbonyl (C=O) groups excluding carboxylic acids is 3. The minimum atomic E-state index is -1.06. The zero-order chi connectivity index (χ0) is 24.1. The fourth-order valence-electron chi connectivity index (χ4n) is 3.90. The molecule has 1 aliphatic heterocycles. The molecule has 1 aliphatic rings. The van der Waals surface area contributed by atoms with E-state index in [1.807, 2.05) is 6.92 Å². The number of hydrogen-bond acceptors (Lipinski definition) is 5. The maximum atomic E-state index is 13.7. The average Bonchev–Trinajstić information content (AvgIpc) is 2.85. The summed E-state index contributed by atoms with van der Waals surface area (Å²) in [5, 5.41) is 5.61. The number of rotatable bonds is 7. The number of ether oxygens (including phenoxy) is 2. The summed E-state index contributed by atoms with van der Waals surface area (Å²) in [6, 6.07) is 19.8. The van der Waals surface area contributed by atoms with E-state index in [4.69, 9.17) is 9.47 Å². The second kappa shape index (κ2) is 10.1. The van der Waals surface area contributed by atoms with Gasteiger partial charge in [-0.25, -0.2) is 0 Å². The van der Waals surface area contributed by atoms with Crippen molar-refractivity contribution in [1.82, 2.24) is 0 Å². The smallest absolute Gasteiger partial charge is 0.262 e. The van der Waals surface area contributed by atoms with E-state index < -0.39 is 23.8 Å². The first-order chi connectivity index (χ1) is 16.5. The van der Waals surface area contributed by atoms with Gasteiger partial charge in [-0.3, -0.25) is 19.3 Å². The summed E-state index contributed by atoms with van der Waals surface area (Å²) >= 11 is 0. The Bertz CT molecular complexity index is 1230. The van der Waals surface area contributed by atoms with Gasteiger partial charge < -0.3 is 20.1 Å². The number of fused-ring (bicyclic) bond motifs is 1. The number of nitrogens with zero attached hydrogens (tertiary/aromatic N) is 1. The highest BCUT2D eigenvalue weighted by molar-refractivity contribution is 6.18. The van der Waals surface area contributed by atoms with Crippen LogP contribution in [0.15, 0.2) is 72.8 Å². The molecule has 1 atom stereocenters. The van der Waals surface area contributed by atoms with Crippen molar-refractivity contribution in [2.45, 2.75) is 19.4 Å². The fraction of sp³-hybridized carbons (Fsp3) is 0.192. The molecule has 0 radical (unpaired) electrons. The average molecular weight is 460 g/mol. The Hall–Kier alpha value is -4.33.